The van der Waals surface area contributed by atoms with Crippen molar-refractivity contribution in [2.24, 2.45) is 0 Å². The number of rotatable bonds is 1. The zero-order chi connectivity index (χ0) is 15.4. The van der Waals surface area contributed by atoms with Gasteiger partial charge in [0, 0.05) is 5.69 Å². The summed E-state index contributed by atoms with van der Waals surface area (Å²) in [5.74, 6) is 0.606. The highest BCUT2D eigenvalue weighted by atomic mass is 35.5. The number of halogens is 2. The van der Waals surface area contributed by atoms with Crippen molar-refractivity contribution in [1.29, 1.82) is 0 Å². The molecule has 0 spiro atoms. The van der Waals surface area contributed by atoms with Gasteiger partial charge in [-0.15, -0.1) is 10.2 Å². The highest BCUT2D eigenvalue weighted by Gasteiger charge is 2.16. The third kappa shape index (κ3) is 1.88. The predicted molar refractivity (Wildman–Crippen MR) is 84.9 cm³/mol. The molecule has 0 bridgehead atoms. The molecule has 6 nitrogen and oxygen atoms in total. The fraction of sp³-hybridized carbons (Fsp3) is 0.143. The van der Waals surface area contributed by atoms with E-state index in [0.29, 0.717) is 27.0 Å². The third-order valence-corrected chi connectivity index (χ3v) is 4.18. The summed E-state index contributed by atoms with van der Waals surface area (Å²) in [7, 11) is 0. The van der Waals surface area contributed by atoms with Gasteiger partial charge < -0.3 is 0 Å². The number of benzene rings is 1. The van der Waals surface area contributed by atoms with Gasteiger partial charge in [0.2, 0.25) is 5.65 Å². The molecule has 1 aromatic carbocycles. The SMILES string of the molecule is Cc1cc(C)n(-c2nc3cc(Cl)c(Cl)cc3n3cnnc23)n1. The van der Waals surface area contributed by atoms with Crippen molar-refractivity contribution in [2.75, 3.05) is 0 Å². The van der Waals surface area contributed by atoms with Gasteiger partial charge in [-0.25, -0.2) is 9.67 Å². The summed E-state index contributed by atoms with van der Waals surface area (Å²) >= 11 is 12.2. The van der Waals surface area contributed by atoms with Crippen molar-refractivity contribution in [2.45, 2.75) is 13.8 Å². The fourth-order valence-electron chi connectivity index (χ4n) is 2.52. The molecule has 8 heteroatoms. The highest BCUT2D eigenvalue weighted by molar-refractivity contribution is 6.42. The van der Waals surface area contributed by atoms with E-state index in [9.17, 15) is 0 Å². The van der Waals surface area contributed by atoms with Gasteiger partial charge in [-0.3, -0.25) is 4.40 Å². The number of aryl methyl sites for hydroxylation is 2. The quantitative estimate of drug-likeness (QED) is 0.536. The van der Waals surface area contributed by atoms with Crippen molar-refractivity contribution in [3.8, 4) is 5.82 Å². The molecule has 0 amide bonds. The van der Waals surface area contributed by atoms with Gasteiger partial charge in [0.05, 0.1) is 26.8 Å². The van der Waals surface area contributed by atoms with Crippen molar-refractivity contribution in [3.05, 3.63) is 46.0 Å². The molecule has 4 aromatic rings. The van der Waals surface area contributed by atoms with Crippen LogP contribution in [0.5, 0.6) is 0 Å². The Morgan fingerprint density at radius 3 is 2.55 bits per heavy atom. The molecule has 0 unspecified atom stereocenters. The molecule has 0 radical (unpaired) electrons. The van der Waals surface area contributed by atoms with E-state index in [1.54, 1.807) is 23.1 Å². The van der Waals surface area contributed by atoms with Crippen molar-refractivity contribution >= 4 is 39.9 Å². The molecule has 0 aliphatic rings. The summed E-state index contributed by atoms with van der Waals surface area (Å²) in [5, 5.41) is 13.5. The van der Waals surface area contributed by atoms with Crippen LogP contribution < -0.4 is 0 Å². The first-order chi connectivity index (χ1) is 10.5. The van der Waals surface area contributed by atoms with E-state index >= 15 is 0 Å². The molecular formula is C14H10Cl2N6. The summed E-state index contributed by atoms with van der Waals surface area (Å²) < 4.78 is 3.58. The van der Waals surface area contributed by atoms with Crippen LogP contribution in [0, 0.1) is 13.8 Å². The Hall–Kier alpha value is -2.18. The lowest BCUT2D eigenvalue weighted by Gasteiger charge is -2.09. The van der Waals surface area contributed by atoms with Gasteiger partial charge in [-0.2, -0.15) is 5.10 Å². The van der Waals surface area contributed by atoms with Crippen LogP contribution in [-0.2, 0) is 0 Å². The summed E-state index contributed by atoms with van der Waals surface area (Å²) in [5.41, 5.74) is 3.97. The third-order valence-electron chi connectivity index (χ3n) is 3.46. The minimum Gasteiger partial charge on any atom is -0.277 e. The van der Waals surface area contributed by atoms with Crippen LogP contribution in [0.25, 0.3) is 22.5 Å². The molecule has 22 heavy (non-hydrogen) atoms. The predicted octanol–water partition coefficient (Wildman–Crippen LogP) is 3.39. The molecular weight excluding hydrogens is 323 g/mol. The summed E-state index contributed by atoms with van der Waals surface area (Å²) in [6, 6.07) is 5.47. The second kappa shape index (κ2) is 4.66. The van der Waals surface area contributed by atoms with Crippen molar-refractivity contribution < 1.29 is 0 Å². The molecule has 0 saturated carbocycles. The Morgan fingerprint density at radius 1 is 1.05 bits per heavy atom. The van der Waals surface area contributed by atoms with Gasteiger partial charge in [0.1, 0.15) is 6.33 Å². The Balaban J connectivity index is 2.16. The van der Waals surface area contributed by atoms with Crippen LogP contribution in [0.2, 0.25) is 10.0 Å². The average Bonchev–Trinajstić information content (AvgIpc) is 3.06. The normalized spacial score (nSPS) is 11.6. The van der Waals surface area contributed by atoms with Crippen molar-refractivity contribution in [1.82, 2.24) is 29.4 Å². The number of aromatic nitrogens is 6. The standard InChI is InChI=1S/C14H10Cl2N6/c1-7-3-8(2)22(20-7)13-14-19-17-6-21(14)12-5-10(16)9(15)4-11(12)18-13/h3-6H,1-2H3. The minimum atomic E-state index is 0.452. The second-order valence-electron chi connectivity index (χ2n) is 5.05. The van der Waals surface area contributed by atoms with Gasteiger partial charge >= 0.3 is 0 Å². The first kappa shape index (κ1) is 13.5. The first-order valence-electron chi connectivity index (χ1n) is 6.57. The average molecular weight is 333 g/mol. The van der Waals surface area contributed by atoms with Gasteiger partial charge in [-0.05, 0) is 32.0 Å². The zero-order valence-corrected chi connectivity index (χ0v) is 13.3. The maximum absolute atomic E-state index is 6.11. The van der Waals surface area contributed by atoms with Crippen LogP contribution in [0.3, 0.4) is 0 Å². The maximum Gasteiger partial charge on any atom is 0.206 e. The topological polar surface area (TPSA) is 60.9 Å². The van der Waals surface area contributed by atoms with Gasteiger partial charge in [0.15, 0.2) is 5.82 Å². The van der Waals surface area contributed by atoms with Crippen LogP contribution >= 0.6 is 23.2 Å². The molecule has 0 N–H and O–H groups in total. The van der Waals surface area contributed by atoms with Crippen molar-refractivity contribution in [3.63, 3.8) is 0 Å². The zero-order valence-electron chi connectivity index (χ0n) is 11.7. The molecule has 4 rings (SSSR count). The maximum atomic E-state index is 6.11. The molecule has 3 heterocycles. The molecule has 0 fully saturated rings. The molecule has 0 atom stereocenters. The summed E-state index contributed by atoms with van der Waals surface area (Å²) in [4.78, 5) is 4.66. The number of hydrogen-bond acceptors (Lipinski definition) is 4. The fourth-order valence-corrected chi connectivity index (χ4v) is 2.84. The van der Waals surface area contributed by atoms with Gasteiger partial charge in [0.25, 0.3) is 0 Å². The summed E-state index contributed by atoms with van der Waals surface area (Å²) in [6.45, 7) is 3.90. The monoisotopic (exact) mass is 332 g/mol. The first-order valence-corrected chi connectivity index (χ1v) is 7.32. The van der Waals surface area contributed by atoms with E-state index in [1.807, 2.05) is 24.3 Å². The van der Waals surface area contributed by atoms with Crippen LogP contribution in [-0.4, -0.2) is 29.4 Å². The Bertz CT molecular complexity index is 1030. The molecule has 110 valence electrons. The lowest BCUT2D eigenvalue weighted by Crippen LogP contribution is -2.06. The lowest BCUT2D eigenvalue weighted by molar-refractivity contribution is 0.809. The van der Waals surface area contributed by atoms with Crippen LogP contribution in [0.4, 0.5) is 0 Å². The second-order valence-corrected chi connectivity index (χ2v) is 5.87. The number of nitrogens with zero attached hydrogens (tertiary/aromatic N) is 6. The minimum absolute atomic E-state index is 0.452. The number of hydrogen-bond donors (Lipinski definition) is 0. The largest absolute Gasteiger partial charge is 0.277 e. The Morgan fingerprint density at radius 2 is 1.82 bits per heavy atom. The van der Waals surface area contributed by atoms with Crippen LogP contribution in [0.1, 0.15) is 11.4 Å². The Kier molecular flexibility index (Phi) is 2.85. The van der Waals surface area contributed by atoms with E-state index in [4.69, 9.17) is 23.2 Å². The van der Waals surface area contributed by atoms with E-state index in [2.05, 4.69) is 20.3 Å². The van der Waals surface area contributed by atoms with E-state index in [0.717, 1.165) is 16.9 Å². The highest BCUT2D eigenvalue weighted by Crippen LogP contribution is 2.28. The van der Waals surface area contributed by atoms with E-state index < -0.39 is 0 Å². The molecule has 0 aliphatic carbocycles. The van der Waals surface area contributed by atoms with Gasteiger partial charge in [-0.1, -0.05) is 23.2 Å². The molecule has 0 saturated heterocycles. The molecule has 3 aromatic heterocycles. The lowest BCUT2D eigenvalue weighted by atomic mass is 10.3. The Labute approximate surface area is 135 Å². The van der Waals surface area contributed by atoms with E-state index in [1.165, 1.54) is 0 Å². The number of fused-ring (bicyclic) bond motifs is 3. The van der Waals surface area contributed by atoms with Crippen LogP contribution in [0.15, 0.2) is 24.5 Å². The summed E-state index contributed by atoms with van der Waals surface area (Å²) in [6.07, 6.45) is 1.62. The van der Waals surface area contributed by atoms with E-state index in [-0.39, 0.29) is 0 Å². The smallest absolute Gasteiger partial charge is 0.206 e. The molecule has 0 aliphatic heterocycles.